The summed E-state index contributed by atoms with van der Waals surface area (Å²) in [5, 5.41) is 3.23. The van der Waals surface area contributed by atoms with Crippen molar-refractivity contribution in [2.24, 2.45) is 0 Å². The summed E-state index contributed by atoms with van der Waals surface area (Å²) >= 11 is 0.355. The molecule has 0 heterocycles. The zero-order valence-electron chi connectivity index (χ0n) is 9.78. The van der Waals surface area contributed by atoms with Crippen molar-refractivity contribution in [3.05, 3.63) is 0 Å². The maximum absolute atomic E-state index is 2.29. The average Bonchev–Trinajstić information content (AvgIpc) is 2.16. The van der Waals surface area contributed by atoms with E-state index >= 15 is 0 Å². The van der Waals surface area contributed by atoms with Crippen molar-refractivity contribution in [2.45, 2.75) is 75.8 Å². The van der Waals surface area contributed by atoms with Crippen LogP contribution >= 0.6 is 0 Å². The standard InChI is InChI=1S/2C6H13.Al.H/c2*1-3-5-6-4-2;;/h2*1,3-6H2,2H3;;. The molecule has 0 radical (unpaired) electrons. The first kappa shape index (κ1) is 13.5. The minimum absolute atomic E-state index is 0.355. The van der Waals surface area contributed by atoms with E-state index in [0.29, 0.717) is 15.2 Å². The third-order valence-corrected chi connectivity index (χ3v) is 4.71. The summed E-state index contributed by atoms with van der Waals surface area (Å²) in [6, 6.07) is 0. The van der Waals surface area contributed by atoms with Gasteiger partial charge < -0.3 is 0 Å². The van der Waals surface area contributed by atoms with Crippen molar-refractivity contribution >= 4 is 15.2 Å². The molecule has 0 amide bonds. The minimum atomic E-state index is 0.355. The number of rotatable bonds is 10. The smallest absolute Gasteiger partial charge is 0.0972 e. The Bertz CT molecular complexity index is 71.2. The number of unbranched alkanes of at least 4 members (excludes halogenated alkanes) is 6. The average molecular weight is 198 g/mol. The molecular formula is C12H27Al. The van der Waals surface area contributed by atoms with Gasteiger partial charge in [0, 0.05) is 0 Å². The topological polar surface area (TPSA) is 0 Å². The first-order chi connectivity index (χ1) is 6.41. The summed E-state index contributed by atoms with van der Waals surface area (Å²) in [6.07, 6.45) is 11.8. The normalized spacial score (nSPS) is 10.3. The van der Waals surface area contributed by atoms with Crippen LogP contribution in [0, 0.1) is 0 Å². The van der Waals surface area contributed by atoms with Crippen LogP contribution in [-0.2, 0) is 0 Å². The summed E-state index contributed by atoms with van der Waals surface area (Å²) in [7, 11) is 0. The van der Waals surface area contributed by atoms with E-state index in [1.165, 1.54) is 51.4 Å². The monoisotopic (exact) mass is 198 g/mol. The largest absolute Gasteiger partial charge is 0.236 e. The fourth-order valence-electron chi connectivity index (χ4n) is 1.74. The molecule has 0 aliphatic heterocycles. The van der Waals surface area contributed by atoms with Gasteiger partial charge in [-0.15, -0.1) is 0 Å². The lowest BCUT2D eigenvalue weighted by atomic mass is 10.2. The second-order valence-corrected chi connectivity index (χ2v) is 6.30. The van der Waals surface area contributed by atoms with Gasteiger partial charge in [0.1, 0.15) is 0 Å². The van der Waals surface area contributed by atoms with Crippen molar-refractivity contribution in [3.63, 3.8) is 0 Å². The quantitative estimate of drug-likeness (QED) is 0.360. The van der Waals surface area contributed by atoms with Crippen LogP contribution in [0.2, 0.25) is 10.6 Å². The second kappa shape index (κ2) is 12.5. The Morgan fingerprint density at radius 3 is 1.46 bits per heavy atom. The molecule has 0 aromatic heterocycles. The van der Waals surface area contributed by atoms with Crippen molar-refractivity contribution in [2.75, 3.05) is 0 Å². The Hall–Kier alpha value is 0.532. The van der Waals surface area contributed by atoms with Gasteiger partial charge in [-0.1, -0.05) is 75.8 Å². The van der Waals surface area contributed by atoms with E-state index < -0.39 is 0 Å². The predicted molar refractivity (Wildman–Crippen MR) is 65.0 cm³/mol. The maximum atomic E-state index is 2.29. The highest BCUT2D eigenvalue weighted by Gasteiger charge is 1.94. The molecule has 13 heavy (non-hydrogen) atoms. The van der Waals surface area contributed by atoms with Gasteiger partial charge in [-0.25, -0.2) is 0 Å². The second-order valence-electron chi connectivity index (χ2n) is 4.18. The lowest BCUT2D eigenvalue weighted by Gasteiger charge is -1.98. The molecule has 0 aliphatic carbocycles. The lowest BCUT2D eigenvalue weighted by Crippen LogP contribution is -1.89. The molecule has 0 atom stereocenters. The van der Waals surface area contributed by atoms with Gasteiger partial charge in [0.25, 0.3) is 0 Å². The molecule has 0 bridgehead atoms. The highest BCUT2D eigenvalue weighted by atomic mass is 27.1. The maximum Gasteiger partial charge on any atom is 0.236 e. The molecule has 0 saturated carbocycles. The molecule has 0 N–H and O–H groups in total. The SMILES string of the molecule is CCCCC[CH2][AlH][CH2]CCCCC. The van der Waals surface area contributed by atoms with Crippen molar-refractivity contribution in [1.82, 2.24) is 0 Å². The van der Waals surface area contributed by atoms with E-state index in [-0.39, 0.29) is 0 Å². The van der Waals surface area contributed by atoms with Gasteiger partial charge in [-0.05, 0) is 0 Å². The molecule has 0 rings (SSSR count). The molecule has 0 spiro atoms. The Kier molecular flexibility index (Phi) is 13.0. The molecule has 0 nitrogen and oxygen atoms in total. The van der Waals surface area contributed by atoms with E-state index in [1.54, 1.807) is 10.6 Å². The van der Waals surface area contributed by atoms with Gasteiger partial charge in [-0.3, -0.25) is 0 Å². The van der Waals surface area contributed by atoms with Crippen LogP contribution in [-0.4, -0.2) is 15.2 Å². The van der Waals surface area contributed by atoms with E-state index in [4.69, 9.17) is 0 Å². The summed E-state index contributed by atoms with van der Waals surface area (Å²) in [5.41, 5.74) is 0. The fraction of sp³-hybridized carbons (Fsp3) is 1.00. The Morgan fingerprint density at radius 2 is 1.08 bits per heavy atom. The molecule has 1 heteroatoms. The van der Waals surface area contributed by atoms with E-state index in [2.05, 4.69) is 13.8 Å². The Balaban J connectivity index is 2.76. The van der Waals surface area contributed by atoms with Crippen LogP contribution in [0.25, 0.3) is 0 Å². The van der Waals surface area contributed by atoms with Crippen LogP contribution in [0.5, 0.6) is 0 Å². The molecular weight excluding hydrogens is 171 g/mol. The summed E-state index contributed by atoms with van der Waals surface area (Å²) < 4.78 is 0. The predicted octanol–water partition coefficient (Wildman–Crippen LogP) is 4.42. The van der Waals surface area contributed by atoms with Gasteiger partial charge in [0.2, 0.25) is 15.2 Å². The molecule has 0 unspecified atom stereocenters. The molecule has 0 saturated heterocycles. The molecule has 0 fully saturated rings. The van der Waals surface area contributed by atoms with Gasteiger partial charge in [-0.2, -0.15) is 0 Å². The van der Waals surface area contributed by atoms with Gasteiger partial charge in [0.05, 0.1) is 0 Å². The van der Waals surface area contributed by atoms with Crippen LogP contribution in [0.15, 0.2) is 0 Å². The van der Waals surface area contributed by atoms with Crippen molar-refractivity contribution in [3.8, 4) is 0 Å². The number of hydrogen-bond acceptors (Lipinski definition) is 0. The summed E-state index contributed by atoms with van der Waals surface area (Å²) in [4.78, 5) is 0. The van der Waals surface area contributed by atoms with E-state index in [1.807, 2.05) is 0 Å². The molecule has 0 aromatic rings. The summed E-state index contributed by atoms with van der Waals surface area (Å²) in [5.74, 6) is 0. The highest BCUT2D eigenvalue weighted by Crippen LogP contribution is 2.06. The molecule has 78 valence electrons. The minimum Gasteiger partial charge on any atom is -0.0972 e. The van der Waals surface area contributed by atoms with E-state index in [9.17, 15) is 0 Å². The highest BCUT2D eigenvalue weighted by molar-refractivity contribution is 6.35. The van der Waals surface area contributed by atoms with Crippen LogP contribution < -0.4 is 0 Å². The van der Waals surface area contributed by atoms with Gasteiger partial charge in [0.15, 0.2) is 0 Å². The molecule has 0 aromatic carbocycles. The number of hydrogen-bond donors (Lipinski definition) is 0. The van der Waals surface area contributed by atoms with Gasteiger partial charge >= 0.3 is 0 Å². The zero-order chi connectivity index (χ0) is 9.78. The van der Waals surface area contributed by atoms with Crippen LogP contribution in [0.4, 0.5) is 0 Å². The Labute approximate surface area is 91.2 Å². The third-order valence-electron chi connectivity index (χ3n) is 2.71. The summed E-state index contributed by atoms with van der Waals surface area (Å²) in [6.45, 7) is 4.59. The van der Waals surface area contributed by atoms with Crippen LogP contribution in [0.3, 0.4) is 0 Å². The van der Waals surface area contributed by atoms with Crippen LogP contribution in [0.1, 0.15) is 65.2 Å². The van der Waals surface area contributed by atoms with E-state index in [0.717, 1.165) is 0 Å². The fourth-order valence-corrected chi connectivity index (χ4v) is 3.51. The lowest BCUT2D eigenvalue weighted by molar-refractivity contribution is 0.689. The molecule has 0 aliphatic rings. The first-order valence-electron chi connectivity index (χ1n) is 6.41. The van der Waals surface area contributed by atoms with Crippen molar-refractivity contribution < 1.29 is 0 Å². The zero-order valence-corrected chi connectivity index (χ0v) is 11.2. The third kappa shape index (κ3) is 12.5. The first-order valence-corrected chi connectivity index (χ1v) is 8.41. The Morgan fingerprint density at radius 1 is 0.615 bits per heavy atom. The van der Waals surface area contributed by atoms with Crippen molar-refractivity contribution in [1.29, 1.82) is 0 Å².